The van der Waals surface area contributed by atoms with Gasteiger partial charge in [-0.2, -0.15) is 0 Å². The molecule has 0 heterocycles. The van der Waals surface area contributed by atoms with E-state index < -0.39 is 6.10 Å². The molecular weight excluding hydrogens is 374 g/mol. The maximum atomic E-state index is 12.8. The molecule has 3 rings (SSSR count). The van der Waals surface area contributed by atoms with Crippen molar-refractivity contribution in [3.8, 4) is 5.75 Å². The smallest absolute Gasteiger partial charge is 0.265 e. The minimum atomic E-state index is -0.736. The molecule has 0 unspecified atom stereocenters. The monoisotopic (exact) mass is 393 g/mol. The lowest BCUT2D eigenvalue weighted by Gasteiger charge is -2.19. The van der Waals surface area contributed by atoms with Crippen LogP contribution in [0.15, 0.2) is 78.9 Å². The van der Waals surface area contributed by atoms with E-state index in [-0.39, 0.29) is 11.7 Å². The number of para-hydroxylation sites is 2. The first-order chi connectivity index (χ1) is 13.6. The van der Waals surface area contributed by atoms with Crippen LogP contribution in [-0.4, -0.2) is 17.8 Å². The van der Waals surface area contributed by atoms with Gasteiger partial charge in [0.05, 0.1) is 10.7 Å². The number of hydrogen-bond donors (Lipinski definition) is 1. The normalized spacial score (nSPS) is 11.5. The second-order valence-corrected chi connectivity index (χ2v) is 6.58. The largest absolute Gasteiger partial charge is 0.479 e. The van der Waals surface area contributed by atoms with E-state index in [9.17, 15) is 9.59 Å². The first kappa shape index (κ1) is 19.6. The van der Waals surface area contributed by atoms with Gasteiger partial charge in [-0.1, -0.05) is 73.1 Å². The van der Waals surface area contributed by atoms with E-state index in [2.05, 4.69) is 5.32 Å². The summed E-state index contributed by atoms with van der Waals surface area (Å²) in [4.78, 5) is 25.6. The first-order valence-corrected chi connectivity index (χ1v) is 9.38. The zero-order valence-corrected chi connectivity index (χ0v) is 16.1. The van der Waals surface area contributed by atoms with Crippen LogP contribution in [0.3, 0.4) is 0 Å². The SMILES string of the molecule is CC[C@@H](Oc1ccccc1Cl)C(=O)Nc1ccccc1C(=O)c1ccccc1. The van der Waals surface area contributed by atoms with Gasteiger partial charge < -0.3 is 10.1 Å². The molecule has 0 fully saturated rings. The number of anilines is 1. The number of hydrogen-bond acceptors (Lipinski definition) is 3. The van der Waals surface area contributed by atoms with Gasteiger partial charge in [0.25, 0.3) is 5.91 Å². The van der Waals surface area contributed by atoms with Crippen molar-refractivity contribution < 1.29 is 14.3 Å². The molecule has 0 radical (unpaired) electrons. The molecule has 1 amide bonds. The second-order valence-electron chi connectivity index (χ2n) is 6.18. The van der Waals surface area contributed by atoms with Gasteiger partial charge in [0.1, 0.15) is 5.75 Å². The van der Waals surface area contributed by atoms with Gasteiger partial charge in [0.2, 0.25) is 0 Å². The van der Waals surface area contributed by atoms with Crippen molar-refractivity contribution in [3.05, 3.63) is 95.0 Å². The van der Waals surface area contributed by atoms with Gasteiger partial charge in [-0.05, 0) is 30.7 Å². The van der Waals surface area contributed by atoms with Crippen LogP contribution in [0.4, 0.5) is 5.69 Å². The minimum absolute atomic E-state index is 0.156. The van der Waals surface area contributed by atoms with Gasteiger partial charge >= 0.3 is 0 Å². The highest BCUT2D eigenvalue weighted by atomic mass is 35.5. The van der Waals surface area contributed by atoms with Crippen LogP contribution < -0.4 is 10.1 Å². The van der Waals surface area contributed by atoms with Crippen LogP contribution in [0.5, 0.6) is 5.75 Å². The van der Waals surface area contributed by atoms with E-state index in [0.29, 0.717) is 34.0 Å². The standard InChI is InChI=1S/C23H20ClNO3/c1-2-20(28-21-15-9-7-13-18(21)24)23(27)25-19-14-8-6-12-17(19)22(26)16-10-4-3-5-11-16/h3-15,20H,2H2,1H3,(H,25,27)/t20-/m1/s1. The zero-order valence-electron chi connectivity index (χ0n) is 15.4. The average Bonchev–Trinajstić information content (AvgIpc) is 2.73. The zero-order chi connectivity index (χ0) is 19.9. The van der Waals surface area contributed by atoms with Crippen LogP contribution >= 0.6 is 11.6 Å². The molecule has 28 heavy (non-hydrogen) atoms. The number of benzene rings is 3. The van der Waals surface area contributed by atoms with E-state index >= 15 is 0 Å². The number of amides is 1. The van der Waals surface area contributed by atoms with Crippen LogP contribution in [0.25, 0.3) is 0 Å². The molecular formula is C23H20ClNO3. The van der Waals surface area contributed by atoms with Gasteiger partial charge in [-0.15, -0.1) is 0 Å². The van der Waals surface area contributed by atoms with Gasteiger partial charge in [0.15, 0.2) is 11.9 Å². The molecule has 0 saturated heterocycles. The number of ether oxygens (including phenoxy) is 1. The Morgan fingerprint density at radius 2 is 1.57 bits per heavy atom. The molecule has 4 nitrogen and oxygen atoms in total. The van der Waals surface area contributed by atoms with Crippen molar-refractivity contribution in [3.63, 3.8) is 0 Å². The van der Waals surface area contributed by atoms with Crippen molar-refractivity contribution in [2.24, 2.45) is 0 Å². The Bertz CT molecular complexity index is 972. The van der Waals surface area contributed by atoms with Crippen molar-refractivity contribution >= 4 is 29.0 Å². The van der Waals surface area contributed by atoms with Crippen molar-refractivity contribution in [2.75, 3.05) is 5.32 Å². The lowest BCUT2D eigenvalue weighted by atomic mass is 10.0. The summed E-state index contributed by atoms with van der Waals surface area (Å²) in [5.74, 6) is -0.0490. The highest BCUT2D eigenvalue weighted by Crippen LogP contribution is 2.26. The Morgan fingerprint density at radius 3 is 2.29 bits per heavy atom. The summed E-state index contributed by atoms with van der Waals surface area (Å²) in [5.41, 5.74) is 1.43. The molecule has 0 aliphatic heterocycles. The van der Waals surface area contributed by atoms with Gasteiger partial charge in [-0.25, -0.2) is 0 Å². The number of halogens is 1. The van der Waals surface area contributed by atoms with E-state index in [1.807, 2.05) is 13.0 Å². The average molecular weight is 394 g/mol. The quantitative estimate of drug-likeness (QED) is 0.549. The Kier molecular flexibility index (Phi) is 6.45. The fraction of sp³-hybridized carbons (Fsp3) is 0.130. The molecule has 0 aromatic heterocycles. The molecule has 1 atom stereocenters. The fourth-order valence-corrected chi connectivity index (χ4v) is 2.94. The van der Waals surface area contributed by atoms with Crippen molar-refractivity contribution in [2.45, 2.75) is 19.4 Å². The van der Waals surface area contributed by atoms with Gasteiger partial charge in [-0.3, -0.25) is 9.59 Å². The van der Waals surface area contributed by atoms with E-state index in [4.69, 9.17) is 16.3 Å². The number of carbonyl (C=O) groups is 2. The van der Waals surface area contributed by atoms with E-state index in [1.54, 1.807) is 72.8 Å². The van der Waals surface area contributed by atoms with Crippen molar-refractivity contribution in [1.29, 1.82) is 0 Å². The summed E-state index contributed by atoms with van der Waals surface area (Å²) in [5, 5.41) is 3.26. The van der Waals surface area contributed by atoms with Crippen LogP contribution in [0, 0.1) is 0 Å². The number of rotatable bonds is 7. The fourth-order valence-electron chi connectivity index (χ4n) is 2.76. The Balaban J connectivity index is 1.80. The maximum Gasteiger partial charge on any atom is 0.265 e. The Labute approximate surface area is 169 Å². The molecule has 0 aliphatic rings. The molecule has 0 aliphatic carbocycles. The predicted octanol–water partition coefficient (Wildman–Crippen LogP) is 5.37. The number of nitrogens with one attached hydrogen (secondary N) is 1. The highest BCUT2D eigenvalue weighted by Gasteiger charge is 2.22. The van der Waals surface area contributed by atoms with Gasteiger partial charge in [0, 0.05) is 11.1 Å². The second kappa shape index (κ2) is 9.20. The van der Waals surface area contributed by atoms with Crippen molar-refractivity contribution in [1.82, 2.24) is 0 Å². The number of ketones is 1. The molecule has 0 saturated carbocycles. The first-order valence-electron chi connectivity index (χ1n) is 9.01. The number of carbonyl (C=O) groups excluding carboxylic acids is 2. The summed E-state index contributed by atoms with van der Waals surface area (Å²) < 4.78 is 5.78. The Morgan fingerprint density at radius 1 is 0.929 bits per heavy atom. The molecule has 1 N–H and O–H groups in total. The highest BCUT2D eigenvalue weighted by molar-refractivity contribution is 6.32. The molecule has 3 aromatic rings. The third-order valence-electron chi connectivity index (χ3n) is 4.23. The molecule has 3 aromatic carbocycles. The minimum Gasteiger partial charge on any atom is -0.479 e. The summed E-state index contributed by atoms with van der Waals surface area (Å²) in [6.45, 7) is 1.85. The summed E-state index contributed by atoms with van der Waals surface area (Å²) >= 11 is 6.12. The topological polar surface area (TPSA) is 55.4 Å². The third kappa shape index (κ3) is 4.59. The van der Waals surface area contributed by atoms with Crippen LogP contribution in [0.2, 0.25) is 5.02 Å². The van der Waals surface area contributed by atoms with Crippen LogP contribution in [0.1, 0.15) is 29.3 Å². The summed E-state index contributed by atoms with van der Waals surface area (Å²) in [6.07, 6.45) is -0.286. The summed E-state index contributed by atoms with van der Waals surface area (Å²) in [6, 6.07) is 22.9. The molecule has 0 bridgehead atoms. The van der Waals surface area contributed by atoms with E-state index in [1.165, 1.54) is 0 Å². The summed E-state index contributed by atoms with van der Waals surface area (Å²) in [7, 11) is 0. The Hall–Kier alpha value is -3.11. The molecule has 5 heteroatoms. The molecule has 142 valence electrons. The molecule has 0 spiro atoms. The van der Waals surface area contributed by atoms with E-state index in [0.717, 1.165) is 0 Å². The predicted molar refractivity (Wildman–Crippen MR) is 111 cm³/mol. The maximum absolute atomic E-state index is 12.8. The van der Waals surface area contributed by atoms with Crippen LogP contribution in [-0.2, 0) is 4.79 Å². The lowest BCUT2D eigenvalue weighted by molar-refractivity contribution is -0.122. The lowest BCUT2D eigenvalue weighted by Crippen LogP contribution is -2.33. The third-order valence-corrected chi connectivity index (χ3v) is 4.55.